The fourth-order valence-electron chi connectivity index (χ4n) is 2.40. The maximum atomic E-state index is 12.3. The molecule has 0 radical (unpaired) electrons. The highest BCUT2D eigenvalue weighted by Crippen LogP contribution is 2.32. The zero-order chi connectivity index (χ0) is 13.3. The Hall–Kier alpha value is -2.66. The van der Waals surface area contributed by atoms with E-state index in [0.29, 0.717) is 0 Å². The van der Waals surface area contributed by atoms with Crippen LogP contribution >= 0.6 is 0 Å². The highest BCUT2D eigenvalue weighted by atomic mass is 16.2. The number of urea groups is 1. The Balaban J connectivity index is 0.00000147. The average Bonchev–Trinajstić information content (AvgIpc) is 2.76. The lowest BCUT2D eigenvalue weighted by atomic mass is 9.83. The van der Waals surface area contributed by atoms with Crippen molar-refractivity contribution in [3.05, 3.63) is 71.8 Å². The summed E-state index contributed by atoms with van der Waals surface area (Å²) in [5.74, 6) is -0.352. The van der Waals surface area contributed by atoms with Gasteiger partial charge in [-0.15, -0.1) is 0 Å². The lowest BCUT2D eigenvalue weighted by molar-refractivity contribution is -0.122. The van der Waals surface area contributed by atoms with Crippen LogP contribution in [0.1, 0.15) is 11.1 Å². The summed E-state index contributed by atoms with van der Waals surface area (Å²) < 4.78 is 0. The summed E-state index contributed by atoms with van der Waals surface area (Å²) in [6.07, 6.45) is 0. The van der Waals surface area contributed by atoms with Gasteiger partial charge in [0.2, 0.25) is 0 Å². The van der Waals surface area contributed by atoms with E-state index in [1.165, 1.54) is 0 Å². The highest BCUT2D eigenvalue weighted by molar-refractivity contribution is 6.09. The second kappa shape index (κ2) is 5.14. The van der Waals surface area contributed by atoms with Crippen molar-refractivity contribution in [3.8, 4) is 0 Å². The molecular weight excluding hydrogens is 256 g/mol. The summed E-state index contributed by atoms with van der Waals surface area (Å²) in [6.45, 7) is 0. The third-order valence-corrected chi connectivity index (χ3v) is 3.28. The quantitative estimate of drug-likeness (QED) is 0.795. The fourth-order valence-corrected chi connectivity index (χ4v) is 2.40. The highest BCUT2D eigenvalue weighted by Gasteiger charge is 2.48. The van der Waals surface area contributed by atoms with Crippen molar-refractivity contribution < 1.29 is 15.1 Å². The van der Waals surface area contributed by atoms with Gasteiger partial charge in [-0.3, -0.25) is 10.1 Å². The van der Waals surface area contributed by atoms with Crippen LogP contribution in [0.3, 0.4) is 0 Å². The van der Waals surface area contributed by atoms with Gasteiger partial charge in [-0.05, 0) is 11.1 Å². The molecule has 0 aromatic heterocycles. The van der Waals surface area contributed by atoms with Gasteiger partial charge >= 0.3 is 6.03 Å². The SMILES string of the molecule is O.O=C1NC(=O)C(c2ccccc2)(c2ccccc2)N1. The van der Waals surface area contributed by atoms with E-state index in [4.69, 9.17) is 0 Å². The molecule has 0 saturated carbocycles. The Labute approximate surface area is 115 Å². The summed E-state index contributed by atoms with van der Waals surface area (Å²) in [7, 11) is 0. The van der Waals surface area contributed by atoms with Gasteiger partial charge in [0.05, 0.1) is 0 Å². The molecule has 3 amide bonds. The second-order valence-electron chi connectivity index (χ2n) is 4.39. The van der Waals surface area contributed by atoms with Crippen LogP contribution in [0.15, 0.2) is 60.7 Å². The van der Waals surface area contributed by atoms with E-state index >= 15 is 0 Å². The molecule has 2 aromatic carbocycles. The number of carbonyl (C=O) groups is 2. The number of benzene rings is 2. The van der Waals surface area contributed by atoms with E-state index in [1.807, 2.05) is 60.7 Å². The number of imide groups is 1. The zero-order valence-corrected chi connectivity index (χ0v) is 10.6. The van der Waals surface area contributed by atoms with Crippen molar-refractivity contribution in [1.82, 2.24) is 10.6 Å². The number of hydrogen-bond acceptors (Lipinski definition) is 2. The first-order valence-electron chi connectivity index (χ1n) is 5.98. The molecule has 5 heteroatoms. The molecule has 1 aliphatic heterocycles. The molecule has 1 heterocycles. The van der Waals surface area contributed by atoms with E-state index in [1.54, 1.807) is 0 Å². The Morgan fingerprint density at radius 1 is 0.750 bits per heavy atom. The molecule has 0 spiro atoms. The largest absolute Gasteiger partial charge is 0.412 e. The third kappa shape index (κ3) is 1.94. The lowest BCUT2D eigenvalue weighted by Crippen LogP contribution is -2.44. The van der Waals surface area contributed by atoms with Crippen molar-refractivity contribution >= 4 is 11.9 Å². The predicted octanol–water partition coefficient (Wildman–Crippen LogP) is 0.945. The van der Waals surface area contributed by atoms with Crippen LogP contribution in [0.2, 0.25) is 0 Å². The Bertz CT molecular complexity index is 587. The summed E-state index contributed by atoms with van der Waals surface area (Å²) in [5.41, 5.74) is 0.341. The lowest BCUT2D eigenvalue weighted by Gasteiger charge is -2.27. The van der Waals surface area contributed by atoms with Crippen LogP contribution in [0.5, 0.6) is 0 Å². The molecule has 5 nitrogen and oxygen atoms in total. The first-order chi connectivity index (χ1) is 9.23. The van der Waals surface area contributed by atoms with Gasteiger partial charge in [0.15, 0.2) is 5.54 Å². The minimum Gasteiger partial charge on any atom is -0.412 e. The van der Waals surface area contributed by atoms with Gasteiger partial charge in [-0.1, -0.05) is 60.7 Å². The summed E-state index contributed by atoms with van der Waals surface area (Å²) in [6, 6.07) is 18.0. The van der Waals surface area contributed by atoms with Crippen LogP contribution in [-0.2, 0) is 10.3 Å². The van der Waals surface area contributed by atoms with Crippen molar-refractivity contribution in [3.63, 3.8) is 0 Å². The molecular formula is C15H14N2O3. The summed E-state index contributed by atoms with van der Waals surface area (Å²) >= 11 is 0. The van der Waals surface area contributed by atoms with Crippen LogP contribution in [0, 0.1) is 0 Å². The first-order valence-corrected chi connectivity index (χ1v) is 5.98. The number of nitrogens with one attached hydrogen (secondary N) is 2. The molecule has 2 aromatic rings. The molecule has 1 fully saturated rings. The van der Waals surface area contributed by atoms with Gasteiger partial charge in [-0.25, -0.2) is 4.79 Å². The maximum Gasteiger partial charge on any atom is 0.322 e. The van der Waals surface area contributed by atoms with E-state index in [-0.39, 0.29) is 11.4 Å². The van der Waals surface area contributed by atoms with Gasteiger partial charge in [0.25, 0.3) is 5.91 Å². The molecule has 1 saturated heterocycles. The van der Waals surface area contributed by atoms with E-state index in [2.05, 4.69) is 10.6 Å². The minimum absolute atomic E-state index is 0. The Kier molecular flexibility index (Phi) is 3.54. The second-order valence-corrected chi connectivity index (χ2v) is 4.39. The number of carbonyl (C=O) groups excluding carboxylic acids is 2. The minimum atomic E-state index is -1.14. The topological polar surface area (TPSA) is 89.7 Å². The summed E-state index contributed by atoms with van der Waals surface area (Å²) in [5, 5.41) is 5.07. The number of amides is 3. The van der Waals surface area contributed by atoms with E-state index in [9.17, 15) is 9.59 Å². The first kappa shape index (κ1) is 13.8. The molecule has 4 N–H and O–H groups in total. The Morgan fingerprint density at radius 2 is 1.20 bits per heavy atom. The molecule has 1 aliphatic rings. The van der Waals surface area contributed by atoms with Gasteiger partial charge in [0.1, 0.15) is 0 Å². The molecule has 0 aliphatic carbocycles. The van der Waals surface area contributed by atoms with Gasteiger partial charge in [-0.2, -0.15) is 0 Å². The van der Waals surface area contributed by atoms with E-state index in [0.717, 1.165) is 11.1 Å². The van der Waals surface area contributed by atoms with Crippen molar-refractivity contribution in [2.75, 3.05) is 0 Å². The molecule has 0 atom stereocenters. The van der Waals surface area contributed by atoms with Crippen LogP contribution < -0.4 is 10.6 Å². The van der Waals surface area contributed by atoms with Gasteiger partial charge in [0, 0.05) is 0 Å². The van der Waals surface area contributed by atoms with Crippen molar-refractivity contribution in [2.45, 2.75) is 5.54 Å². The van der Waals surface area contributed by atoms with Crippen molar-refractivity contribution in [1.29, 1.82) is 0 Å². The van der Waals surface area contributed by atoms with E-state index < -0.39 is 11.6 Å². The fraction of sp³-hybridized carbons (Fsp3) is 0.0667. The predicted molar refractivity (Wildman–Crippen MR) is 74.0 cm³/mol. The van der Waals surface area contributed by atoms with Crippen LogP contribution in [0.4, 0.5) is 4.79 Å². The molecule has 0 bridgehead atoms. The van der Waals surface area contributed by atoms with Crippen LogP contribution in [0.25, 0.3) is 0 Å². The third-order valence-electron chi connectivity index (χ3n) is 3.28. The monoisotopic (exact) mass is 270 g/mol. The molecule has 20 heavy (non-hydrogen) atoms. The number of rotatable bonds is 2. The number of hydrogen-bond donors (Lipinski definition) is 2. The summed E-state index contributed by atoms with van der Waals surface area (Å²) in [4.78, 5) is 23.9. The maximum absolute atomic E-state index is 12.3. The van der Waals surface area contributed by atoms with Crippen molar-refractivity contribution in [2.24, 2.45) is 0 Å². The van der Waals surface area contributed by atoms with Gasteiger partial charge < -0.3 is 10.8 Å². The molecule has 0 unspecified atom stereocenters. The molecule has 102 valence electrons. The zero-order valence-electron chi connectivity index (χ0n) is 10.6. The standard InChI is InChI=1S/C15H12N2O2.H2O/c18-13-15(17-14(19)16-13,11-7-3-1-4-8-11)12-9-5-2-6-10-12;/h1-10H,(H2,16,17,18,19);1H2. The Morgan fingerprint density at radius 3 is 1.55 bits per heavy atom. The van der Waals surface area contributed by atoms with Crippen LogP contribution in [-0.4, -0.2) is 17.4 Å². The molecule has 3 rings (SSSR count). The average molecular weight is 270 g/mol. The smallest absolute Gasteiger partial charge is 0.322 e. The normalized spacial score (nSPS) is 16.0.